The molecule has 0 spiro atoms. The fourth-order valence-electron chi connectivity index (χ4n) is 1.61. The molecule has 0 atom stereocenters. The Bertz CT molecular complexity index is 677. The van der Waals surface area contributed by atoms with E-state index in [2.05, 4.69) is 4.98 Å². The number of aromatic nitrogens is 1. The first-order chi connectivity index (χ1) is 10.6. The highest BCUT2D eigenvalue weighted by molar-refractivity contribution is 6.29. The molecule has 0 aliphatic heterocycles. The molecular weight excluding hydrogens is 312 g/mol. The molecule has 4 nitrogen and oxygen atoms in total. The lowest BCUT2D eigenvalue weighted by atomic mass is 10.1. The highest BCUT2D eigenvalue weighted by Gasteiger charge is 2.12. The molecule has 1 heterocycles. The fraction of sp³-hybridized carbons (Fsp3) is 0.0667. The van der Waals surface area contributed by atoms with Crippen LogP contribution in [0, 0.1) is 5.41 Å². The van der Waals surface area contributed by atoms with Gasteiger partial charge in [0.25, 0.3) is 0 Å². The van der Waals surface area contributed by atoms with E-state index < -0.39 is 6.55 Å². The molecule has 0 bridgehead atoms. The molecular formula is C15H12ClF2N3O. The predicted octanol–water partition coefficient (Wildman–Crippen LogP) is 3.84. The summed E-state index contributed by atoms with van der Waals surface area (Å²) >= 11 is 5.75. The van der Waals surface area contributed by atoms with Crippen molar-refractivity contribution in [3.05, 3.63) is 71.3 Å². The Hall–Kier alpha value is -2.47. The lowest BCUT2D eigenvalue weighted by molar-refractivity contribution is 0.124. The number of rotatable bonds is 6. The maximum absolute atomic E-state index is 12.4. The van der Waals surface area contributed by atoms with Gasteiger partial charge in [-0.25, -0.2) is 4.98 Å². The number of hydrogen-bond donors (Lipinski definition) is 2. The van der Waals surface area contributed by atoms with Crippen molar-refractivity contribution in [3.8, 4) is 5.75 Å². The maximum Gasteiger partial charge on any atom is 0.312 e. The first kappa shape index (κ1) is 15.9. The van der Waals surface area contributed by atoms with Gasteiger partial charge < -0.3 is 10.1 Å². The molecule has 0 aliphatic carbocycles. The van der Waals surface area contributed by atoms with Crippen LogP contribution < -0.4 is 10.1 Å². The second-order valence-corrected chi connectivity index (χ2v) is 4.52. The van der Waals surface area contributed by atoms with Crippen molar-refractivity contribution in [3.63, 3.8) is 0 Å². The first-order valence-corrected chi connectivity index (χ1v) is 6.62. The molecule has 7 heteroatoms. The summed E-state index contributed by atoms with van der Waals surface area (Å²) in [6.07, 6.45) is 2.37. The van der Waals surface area contributed by atoms with Gasteiger partial charge >= 0.3 is 6.55 Å². The van der Waals surface area contributed by atoms with Crippen molar-refractivity contribution in [1.82, 2.24) is 10.3 Å². The summed E-state index contributed by atoms with van der Waals surface area (Å²) in [6, 6.07) is 11.6. The lowest BCUT2D eigenvalue weighted by Gasteiger charge is -2.12. The van der Waals surface area contributed by atoms with E-state index in [-0.39, 0.29) is 16.6 Å². The third-order valence-corrected chi connectivity index (χ3v) is 2.78. The van der Waals surface area contributed by atoms with Gasteiger partial charge in [0.05, 0.1) is 0 Å². The highest BCUT2D eigenvalue weighted by atomic mass is 35.5. The molecule has 2 aromatic rings. The van der Waals surface area contributed by atoms with E-state index in [0.29, 0.717) is 11.3 Å². The molecule has 0 aliphatic rings. The number of nitrogens with zero attached hydrogens (tertiary/aromatic N) is 1. The minimum Gasteiger partial charge on any atom is -0.453 e. The summed E-state index contributed by atoms with van der Waals surface area (Å²) in [4.78, 5) is 3.80. The number of nitrogens with one attached hydrogen (secondary N) is 2. The zero-order valence-electron chi connectivity index (χ0n) is 11.3. The summed E-state index contributed by atoms with van der Waals surface area (Å²) in [6.45, 7) is -2.76. The Labute approximate surface area is 130 Å². The zero-order valence-corrected chi connectivity index (χ0v) is 12.0. The number of ether oxygens (including phenoxy) is 1. The molecule has 0 fully saturated rings. The maximum atomic E-state index is 12.4. The predicted molar refractivity (Wildman–Crippen MR) is 80.4 cm³/mol. The summed E-state index contributed by atoms with van der Waals surface area (Å²) in [5.41, 5.74) is 0.492. The van der Waals surface area contributed by atoms with Crippen molar-refractivity contribution in [2.45, 2.75) is 6.55 Å². The molecule has 1 aromatic carbocycles. The SMILES string of the molecule is N=C(/C(=C\NC(F)F)Oc1ccnc(Cl)c1)c1ccccc1. The van der Waals surface area contributed by atoms with Crippen molar-refractivity contribution >= 4 is 17.3 Å². The molecule has 1 aromatic heterocycles. The highest BCUT2D eigenvalue weighted by Crippen LogP contribution is 2.19. The van der Waals surface area contributed by atoms with E-state index in [1.54, 1.807) is 30.3 Å². The Morgan fingerprint density at radius 3 is 2.64 bits per heavy atom. The van der Waals surface area contributed by atoms with Gasteiger partial charge in [-0.15, -0.1) is 0 Å². The smallest absolute Gasteiger partial charge is 0.312 e. The Balaban J connectivity index is 2.27. The summed E-state index contributed by atoms with van der Waals surface area (Å²) in [5.74, 6) is 0.233. The molecule has 0 saturated heterocycles. The van der Waals surface area contributed by atoms with Gasteiger partial charge in [0.15, 0.2) is 5.76 Å². The van der Waals surface area contributed by atoms with Gasteiger partial charge in [0.1, 0.15) is 16.6 Å². The van der Waals surface area contributed by atoms with Gasteiger partial charge in [0, 0.05) is 24.0 Å². The number of halogens is 3. The minimum atomic E-state index is -2.76. The van der Waals surface area contributed by atoms with Crippen molar-refractivity contribution in [1.29, 1.82) is 5.41 Å². The molecule has 2 N–H and O–H groups in total. The van der Waals surface area contributed by atoms with E-state index in [4.69, 9.17) is 21.7 Å². The van der Waals surface area contributed by atoms with Crippen LogP contribution in [-0.4, -0.2) is 17.2 Å². The van der Waals surface area contributed by atoms with Crippen molar-refractivity contribution in [2.24, 2.45) is 0 Å². The van der Waals surface area contributed by atoms with Crippen LogP contribution in [0.5, 0.6) is 5.75 Å². The Morgan fingerprint density at radius 1 is 1.27 bits per heavy atom. The van der Waals surface area contributed by atoms with Gasteiger partial charge in [0.2, 0.25) is 0 Å². The van der Waals surface area contributed by atoms with Gasteiger partial charge in [-0.1, -0.05) is 41.9 Å². The molecule has 22 heavy (non-hydrogen) atoms. The monoisotopic (exact) mass is 323 g/mol. The Kier molecular flexibility index (Phi) is 5.43. The Morgan fingerprint density at radius 2 is 2.00 bits per heavy atom. The first-order valence-electron chi connectivity index (χ1n) is 6.24. The number of benzene rings is 1. The van der Waals surface area contributed by atoms with Crippen LogP contribution in [0.1, 0.15) is 5.56 Å². The number of hydrogen-bond acceptors (Lipinski definition) is 4. The van der Waals surface area contributed by atoms with E-state index in [1.165, 1.54) is 18.3 Å². The summed E-state index contributed by atoms with van der Waals surface area (Å²) < 4.78 is 30.2. The van der Waals surface area contributed by atoms with Crippen LogP contribution in [0.3, 0.4) is 0 Å². The topological polar surface area (TPSA) is 58.0 Å². The number of pyridine rings is 1. The number of allylic oxidation sites excluding steroid dienone is 1. The van der Waals surface area contributed by atoms with E-state index in [1.807, 2.05) is 5.32 Å². The molecule has 114 valence electrons. The third-order valence-electron chi connectivity index (χ3n) is 2.58. The van der Waals surface area contributed by atoms with Crippen LogP contribution in [-0.2, 0) is 0 Å². The van der Waals surface area contributed by atoms with Crippen molar-refractivity contribution < 1.29 is 13.5 Å². The van der Waals surface area contributed by atoms with Gasteiger partial charge in [-0.05, 0) is 6.07 Å². The van der Waals surface area contributed by atoms with Crippen LogP contribution in [0.15, 0.2) is 60.6 Å². The summed E-state index contributed by atoms with van der Waals surface area (Å²) in [7, 11) is 0. The van der Waals surface area contributed by atoms with Crippen LogP contribution in [0.2, 0.25) is 5.15 Å². The van der Waals surface area contributed by atoms with E-state index >= 15 is 0 Å². The summed E-state index contributed by atoms with van der Waals surface area (Å²) in [5, 5.41) is 10.1. The van der Waals surface area contributed by atoms with Crippen LogP contribution in [0.4, 0.5) is 8.78 Å². The molecule has 0 radical (unpaired) electrons. The van der Waals surface area contributed by atoms with Gasteiger partial charge in [-0.3, -0.25) is 5.41 Å². The molecule has 0 unspecified atom stereocenters. The molecule has 0 saturated carbocycles. The fourth-order valence-corrected chi connectivity index (χ4v) is 1.78. The second kappa shape index (κ2) is 7.51. The lowest BCUT2D eigenvalue weighted by Crippen LogP contribution is -2.18. The average molecular weight is 324 g/mol. The third kappa shape index (κ3) is 4.53. The van der Waals surface area contributed by atoms with Gasteiger partial charge in [-0.2, -0.15) is 8.78 Å². The quantitative estimate of drug-likeness (QED) is 0.367. The van der Waals surface area contributed by atoms with Crippen molar-refractivity contribution in [2.75, 3.05) is 0 Å². The normalized spacial score (nSPS) is 11.4. The standard InChI is InChI=1S/C15H12ClF2N3O/c16-13-8-11(6-7-20-13)22-12(9-21-15(17)18)14(19)10-4-2-1-3-5-10/h1-9,15,19,21H/b12-9+,19-14?. The second-order valence-electron chi connectivity index (χ2n) is 4.13. The van der Waals surface area contributed by atoms with Crippen LogP contribution in [0.25, 0.3) is 0 Å². The van der Waals surface area contributed by atoms with E-state index in [9.17, 15) is 8.78 Å². The number of alkyl halides is 2. The largest absolute Gasteiger partial charge is 0.453 e. The molecule has 0 amide bonds. The zero-order chi connectivity index (χ0) is 15.9. The molecule has 2 rings (SSSR count). The van der Waals surface area contributed by atoms with E-state index in [0.717, 1.165) is 6.20 Å². The van der Waals surface area contributed by atoms with Crippen LogP contribution >= 0.6 is 11.6 Å². The average Bonchev–Trinajstić information content (AvgIpc) is 2.51. The minimum absolute atomic E-state index is 0.0401.